The molecule has 2 aliphatic heterocycles. The molecule has 10 nitrogen and oxygen atoms in total. The largest absolute Gasteiger partial charge is 0.462 e. The van der Waals surface area contributed by atoms with Gasteiger partial charge in [0, 0.05) is 32.4 Å². The molecule has 0 N–H and O–H groups in total. The molecule has 1 amide bonds. The highest BCUT2D eigenvalue weighted by molar-refractivity contribution is 8.01. The molecule has 11 heteroatoms. The van der Waals surface area contributed by atoms with Gasteiger partial charge in [-0.1, -0.05) is 0 Å². The zero-order valence-electron chi connectivity index (χ0n) is 17.1. The fraction of sp³-hybridized carbons (Fsp3) is 0.722. The molecule has 29 heavy (non-hydrogen) atoms. The number of thioether (sulfide) groups is 1. The molecular formula is C18H25NO9S. The summed E-state index contributed by atoms with van der Waals surface area (Å²) in [7, 11) is 0. The molecule has 2 saturated heterocycles. The van der Waals surface area contributed by atoms with E-state index in [9.17, 15) is 24.0 Å². The van der Waals surface area contributed by atoms with Crippen LogP contribution in [0.2, 0.25) is 0 Å². The van der Waals surface area contributed by atoms with Crippen LogP contribution in [0.5, 0.6) is 0 Å². The number of rotatable bonds is 6. The Morgan fingerprint density at radius 3 is 2.14 bits per heavy atom. The van der Waals surface area contributed by atoms with Crippen LogP contribution in [-0.2, 0) is 42.9 Å². The van der Waals surface area contributed by atoms with E-state index in [1.54, 1.807) is 0 Å². The maximum Gasteiger partial charge on any atom is 0.330 e. The molecule has 0 spiro atoms. The summed E-state index contributed by atoms with van der Waals surface area (Å²) in [5, 5.41) is -0.676. The summed E-state index contributed by atoms with van der Waals surface area (Å²) in [6.45, 7) is 8.00. The molecule has 2 unspecified atom stereocenters. The van der Waals surface area contributed by atoms with Gasteiger partial charge in [0.15, 0.2) is 18.3 Å². The Morgan fingerprint density at radius 1 is 1.07 bits per heavy atom. The first kappa shape index (κ1) is 23.0. The van der Waals surface area contributed by atoms with Crippen molar-refractivity contribution >= 4 is 41.5 Å². The lowest BCUT2D eigenvalue weighted by Gasteiger charge is -2.42. The number of fused-ring (bicyclic) bond motifs is 2. The third-order valence-corrected chi connectivity index (χ3v) is 6.08. The fourth-order valence-electron chi connectivity index (χ4n) is 3.54. The van der Waals surface area contributed by atoms with Crippen molar-refractivity contribution in [3.8, 4) is 0 Å². The predicted octanol–water partition coefficient (Wildman–Crippen LogP) is 0.407. The maximum atomic E-state index is 12.7. The van der Waals surface area contributed by atoms with Crippen LogP contribution in [0.1, 0.15) is 41.5 Å². The van der Waals surface area contributed by atoms with E-state index < -0.39 is 65.0 Å². The molecule has 0 saturated carbocycles. The molecule has 2 heterocycles. The highest BCUT2D eigenvalue weighted by Crippen LogP contribution is 2.50. The number of hydrogen-bond donors (Lipinski definition) is 0. The maximum absolute atomic E-state index is 12.7. The first-order valence-electron chi connectivity index (χ1n) is 9.00. The number of esters is 4. The Hall–Kier alpha value is -2.30. The molecule has 2 fully saturated rings. The number of cyclic esters (lactones) is 1. The topological polar surface area (TPSA) is 126 Å². The second kappa shape index (κ2) is 8.60. The van der Waals surface area contributed by atoms with Crippen LogP contribution in [-0.4, -0.2) is 75.8 Å². The molecule has 0 aliphatic carbocycles. The summed E-state index contributed by atoms with van der Waals surface area (Å²) in [6, 6.07) is -0.801. The van der Waals surface area contributed by atoms with Crippen molar-refractivity contribution < 1.29 is 42.9 Å². The second-order valence-corrected chi connectivity index (χ2v) is 9.14. The average Bonchev–Trinajstić information content (AvgIpc) is 2.80. The smallest absolute Gasteiger partial charge is 0.330 e. The van der Waals surface area contributed by atoms with Crippen molar-refractivity contribution in [3.05, 3.63) is 0 Å². The van der Waals surface area contributed by atoms with Gasteiger partial charge in [-0.15, -0.1) is 11.8 Å². The first-order valence-corrected chi connectivity index (χ1v) is 9.88. The monoisotopic (exact) mass is 431 g/mol. The number of ether oxygens (including phenoxy) is 4. The van der Waals surface area contributed by atoms with Crippen molar-refractivity contribution in [2.24, 2.45) is 0 Å². The SMILES string of the molecule is CC(=O)OC[C@@H](OC(C)=O)[C@@H](OC(C)=O)C1OC(=O)C2N(C(C)=O)[C@H]1SC2(C)C. The normalized spacial score (nSPS) is 26.8. The van der Waals surface area contributed by atoms with Crippen molar-refractivity contribution in [1.82, 2.24) is 4.90 Å². The molecule has 0 aromatic carbocycles. The van der Waals surface area contributed by atoms with E-state index in [-0.39, 0.29) is 5.91 Å². The van der Waals surface area contributed by atoms with Crippen LogP contribution in [0, 0.1) is 0 Å². The van der Waals surface area contributed by atoms with Crippen molar-refractivity contribution in [3.63, 3.8) is 0 Å². The van der Waals surface area contributed by atoms with Gasteiger partial charge < -0.3 is 23.8 Å². The number of hydrogen-bond acceptors (Lipinski definition) is 10. The summed E-state index contributed by atoms with van der Waals surface area (Å²) in [4.78, 5) is 61.0. The fourth-order valence-corrected chi connectivity index (χ4v) is 5.23. The molecule has 0 radical (unpaired) electrons. The van der Waals surface area contributed by atoms with E-state index in [1.807, 2.05) is 13.8 Å². The number of carbonyl (C=O) groups is 5. The number of nitrogens with zero attached hydrogens (tertiary/aromatic N) is 1. The van der Waals surface area contributed by atoms with Crippen molar-refractivity contribution in [2.75, 3.05) is 6.61 Å². The van der Waals surface area contributed by atoms with Crippen LogP contribution >= 0.6 is 11.8 Å². The van der Waals surface area contributed by atoms with Gasteiger partial charge in [-0.2, -0.15) is 0 Å². The molecule has 2 bridgehead atoms. The number of morpholine rings is 1. The minimum absolute atomic E-state index is 0.342. The quantitative estimate of drug-likeness (QED) is 0.431. The van der Waals surface area contributed by atoms with Crippen LogP contribution in [0.15, 0.2) is 0 Å². The van der Waals surface area contributed by atoms with Crippen LogP contribution in [0.25, 0.3) is 0 Å². The molecule has 0 aromatic heterocycles. The lowest BCUT2D eigenvalue weighted by molar-refractivity contribution is -0.203. The number of amides is 1. The first-order chi connectivity index (χ1) is 13.3. The summed E-state index contributed by atoms with van der Waals surface area (Å²) in [6.07, 6.45) is -3.64. The van der Waals surface area contributed by atoms with Crippen LogP contribution < -0.4 is 0 Å². The summed E-state index contributed by atoms with van der Waals surface area (Å²) >= 11 is 1.32. The van der Waals surface area contributed by atoms with E-state index in [4.69, 9.17) is 18.9 Å². The van der Waals surface area contributed by atoms with E-state index in [0.29, 0.717) is 0 Å². The number of carbonyl (C=O) groups excluding carboxylic acids is 5. The lowest BCUT2D eigenvalue weighted by atomic mass is 9.97. The van der Waals surface area contributed by atoms with Gasteiger partial charge in [-0.05, 0) is 13.8 Å². The Balaban J connectivity index is 2.45. The van der Waals surface area contributed by atoms with E-state index in [0.717, 1.165) is 13.8 Å². The van der Waals surface area contributed by atoms with Crippen LogP contribution in [0.4, 0.5) is 0 Å². The Morgan fingerprint density at radius 2 is 1.66 bits per heavy atom. The molecule has 162 valence electrons. The summed E-state index contributed by atoms with van der Waals surface area (Å²) < 4.78 is 20.4. The summed E-state index contributed by atoms with van der Waals surface area (Å²) in [5.74, 6) is -3.05. The van der Waals surface area contributed by atoms with Crippen molar-refractivity contribution in [2.45, 2.75) is 76.0 Å². The van der Waals surface area contributed by atoms with E-state index in [2.05, 4.69) is 0 Å². The summed E-state index contributed by atoms with van der Waals surface area (Å²) in [5.41, 5.74) is 0. The zero-order chi connectivity index (χ0) is 22.1. The second-order valence-electron chi connectivity index (χ2n) is 7.37. The highest BCUT2D eigenvalue weighted by atomic mass is 32.2. The van der Waals surface area contributed by atoms with Gasteiger partial charge >= 0.3 is 23.9 Å². The standard InChI is InChI=1S/C18H25NO9S/c1-8(20)19-15-17(24)28-14(16(19)29-18(15,5)6)13(27-11(4)23)12(26-10(3)22)7-25-9(2)21/h12-16H,7H2,1-6H3/t12-,13-,14?,15?,16+/m1/s1. The van der Waals surface area contributed by atoms with Gasteiger partial charge in [-0.25, -0.2) is 4.79 Å². The van der Waals surface area contributed by atoms with E-state index in [1.165, 1.54) is 30.5 Å². The minimum Gasteiger partial charge on any atom is -0.462 e. The Labute approximate surface area is 172 Å². The van der Waals surface area contributed by atoms with Crippen molar-refractivity contribution in [1.29, 1.82) is 0 Å². The van der Waals surface area contributed by atoms with Crippen LogP contribution in [0.3, 0.4) is 0 Å². The van der Waals surface area contributed by atoms with Gasteiger partial charge in [-0.3, -0.25) is 19.2 Å². The van der Waals surface area contributed by atoms with E-state index >= 15 is 0 Å². The Kier molecular flexibility index (Phi) is 6.82. The van der Waals surface area contributed by atoms with Gasteiger partial charge in [0.05, 0.1) is 0 Å². The zero-order valence-corrected chi connectivity index (χ0v) is 17.9. The van der Waals surface area contributed by atoms with Gasteiger partial charge in [0.25, 0.3) is 0 Å². The molecular weight excluding hydrogens is 406 g/mol. The third kappa shape index (κ3) is 5.01. The molecule has 0 aromatic rings. The van der Waals surface area contributed by atoms with Gasteiger partial charge in [0.1, 0.15) is 18.0 Å². The lowest BCUT2D eigenvalue weighted by Crippen LogP contribution is -2.63. The molecule has 5 atom stereocenters. The van der Waals surface area contributed by atoms with Gasteiger partial charge in [0.2, 0.25) is 5.91 Å². The third-order valence-electron chi connectivity index (χ3n) is 4.52. The molecule has 2 rings (SSSR count). The Bertz CT molecular complexity index is 722. The highest BCUT2D eigenvalue weighted by Gasteiger charge is 2.62. The average molecular weight is 431 g/mol. The predicted molar refractivity (Wildman–Crippen MR) is 99.4 cm³/mol. The minimum atomic E-state index is -1.28. The molecule has 2 aliphatic rings.